The molecule has 4 rings (SSSR count). The first kappa shape index (κ1) is 16.1. The van der Waals surface area contributed by atoms with E-state index in [1.165, 1.54) is 12.1 Å². The fourth-order valence-corrected chi connectivity index (χ4v) is 3.27. The molecule has 0 fully saturated rings. The lowest BCUT2D eigenvalue weighted by Crippen LogP contribution is -2.09. The van der Waals surface area contributed by atoms with Gasteiger partial charge in [-0.15, -0.1) is 0 Å². The Labute approximate surface area is 149 Å². The summed E-state index contributed by atoms with van der Waals surface area (Å²) in [5.74, 6) is 0.319. The van der Waals surface area contributed by atoms with Gasteiger partial charge in [0.25, 0.3) is 0 Å². The molecule has 5 heteroatoms. The maximum atomic E-state index is 12.8. The molecule has 0 saturated heterocycles. The molecule has 0 radical (unpaired) electrons. The van der Waals surface area contributed by atoms with Crippen LogP contribution < -0.4 is 10.2 Å². The average Bonchev–Trinajstić information content (AvgIpc) is 3.05. The Kier molecular flexibility index (Phi) is 3.84. The lowest BCUT2D eigenvalue weighted by molar-refractivity contribution is 0.0697. The molecule has 1 aliphatic rings. The zero-order chi connectivity index (χ0) is 18.3. The zero-order valence-electron chi connectivity index (χ0n) is 14.1. The Balaban J connectivity index is 1.82. The first-order valence-corrected chi connectivity index (χ1v) is 8.25. The summed E-state index contributed by atoms with van der Waals surface area (Å²) in [4.78, 5) is 23.9. The summed E-state index contributed by atoms with van der Waals surface area (Å²) in [7, 11) is 1.62. The predicted molar refractivity (Wildman–Crippen MR) is 98.6 cm³/mol. The Morgan fingerprint density at radius 3 is 2.62 bits per heavy atom. The van der Waals surface area contributed by atoms with E-state index in [0.717, 1.165) is 16.9 Å². The number of aromatic carboxylic acids is 1. The molecule has 1 heterocycles. The third-order valence-corrected chi connectivity index (χ3v) is 4.62. The van der Waals surface area contributed by atoms with Crippen molar-refractivity contribution in [2.45, 2.75) is 12.8 Å². The molecule has 26 heavy (non-hydrogen) atoms. The van der Waals surface area contributed by atoms with Crippen molar-refractivity contribution in [2.75, 3.05) is 7.11 Å². The molecule has 0 amide bonds. The van der Waals surface area contributed by atoms with E-state index in [4.69, 9.17) is 14.3 Å². The standard InChI is InChI=1S/C21H16O5/c1-25-15-6-2-12(3-7-15)10-13-4-8-16-19(22)17-11-14(21(23)24)5-9-18(17)26-20(13)16/h2-3,5-7,9-11H,4,8H2,1H3,(H,23,24)/b13-10+. The van der Waals surface area contributed by atoms with Crippen LogP contribution in [0.5, 0.6) is 5.75 Å². The number of carboxylic acid groups (broad SMARTS) is 1. The van der Waals surface area contributed by atoms with Crippen molar-refractivity contribution in [1.29, 1.82) is 0 Å². The first-order valence-electron chi connectivity index (χ1n) is 8.25. The van der Waals surface area contributed by atoms with Gasteiger partial charge in [0.1, 0.15) is 17.1 Å². The fourth-order valence-electron chi connectivity index (χ4n) is 3.27. The van der Waals surface area contributed by atoms with Crippen LogP contribution in [0.3, 0.4) is 0 Å². The summed E-state index contributed by atoms with van der Waals surface area (Å²) >= 11 is 0. The van der Waals surface area contributed by atoms with E-state index in [-0.39, 0.29) is 11.0 Å². The molecule has 1 aliphatic carbocycles. The number of fused-ring (bicyclic) bond motifs is 2. The molecular formula is C21H16O5. The van der Waals surface area contributed by atoms with Crippen molar-refractivity contribution in [3.63, 3.8) is 0 Å². The number of ether oxygens (including phenoxy) is 1. The number of hydrogen-bond donors (Lipinski definition) is 1. The van der Waals surface area contributed by atoms with Gasteiger partial charge >= 0.3 is 5.97 Å². The Hall–Kier alpha value is -3.34. The maximum Gasteiger partial charge on any atom is 0.335 e. The SMILES string of the molecule is COc1ccc(/C=C2\CCc3c2oc2ccc(C(=O)O)cc2c3=O)cc1. The van der Waals surface area contributed by atoms with E-state index in [0.29, 0.717) is 35.1 Å². The summed E-state index contributed by atoms with van der Waals surface area (Å²) < 4.78 is 11.1. The molecule has 0 saturated carbocycles. The second kappa shape index (κ2) is 6.19. The highest BCUT2D eigenvalue weighted by atomic mass is 16.5. The quantitative estimate of drug-likeness (QED) is 0.774. The Morgan fingerprint density at radius 2 is 1.92 bits per heavy atom. The lowest BCUT2D eigenvalue weighted by atomic mass is 10.1. The Morgan fingerprint density at radius 1 is 1.15 bits per heavy atom. The third kappa shape index (κ3) is 2.67. The van der Waals surface area contributed by atoms with Crippen molar-refractivity contribution in [3.05, 3.63) is 75.1 Å². The van der Waals surface area contributed by atoms with Crippen LogP contribution in [0.1, 0.15) is 33.7 Å². The normalized spacial score (nSPS) is 14.6. The number of allylic oxidation sites excluding steroid dienone is 1. The number of carboxylic acids is 1. The summed E-state index contributed by atoms with van der Waals surface area (Å²) in [5.41, 5.74) is 2.91. The van der Waals surface area contributed by atoms with Crippen LogP contribution in [0.25, 0.3) is 22.6 Å². The molecule has 1 N–H and O–H groups in total. The van der Waals surface area contributed by atoms with Crippen molar-refractivity contribution in [3.8, 4) is 5.75 Å². The fraction of sp³-hybridized carbons (Fsp3) is 0.143. The van der Waals surface area contributed by atoms with Gasteiger partial charge in [-0.3, -0.25) is 4.79 Å². The minimum atomic E-state index is -1.06. The van der Waals surface area contributed by atoms with Crippen LogP contribution in [-0.2, 0) is 6.42 Å². The van der Waals surface area contributed by atoms with Gasteiger partial charge in [0.2, 0.25) is 0 Å². The van der Waals surface area contributed by atoms with Crippen LogP contribution in [-0.4, -0.2) is 18.2 Å². The van der Waals surface area contributed by atoms with Crippen LogP contribution in [0, 0.1) is 0 Å². The van der Waals surface area contributed by atoms with Gasteiger partial charge in [-0.2, -0.15) is 0 Å². The number of methoxy groups -OCH3 is 1. The van der Waals surface area contributed by atoms with Gasteiger partial charge < -0.3 is 14.3 Å². The van der Waals surface area contributed by atoms with Crippen LogP contribution in [0.15, 0.2) is 51.7 Å². The highest BCUT2D eigenvalue weighted by Gasteiger charge is 2.24. The van der Waals surface area contributed by atoms with Gasteiger partial charge in [-0.1, -0.05) is 12.1 Å². The molecule has 5 nitrogen and oxygen atoms in total. The third-order valence-electron chi connectivity index (χ3n) is 4.62. The van der Waals surface area contributed by atoms with Crippen molar-refractivity contribution >= 4 is 28.6 Å². The molecule has 0 unspecified atom stereocenters. The first-order chi connectivity index (χ1) is 12.6. The molecule has 0 bridgehead atoms. The van der Waals surface area contributed by atoms with E-state index in [9.17, 15) is 9.59 Å². The second-order valence-electron chi connectivity index (χ2n) is 6.20. The largest absolute Gasteiger partial charge is 0.497 e. The van der Waals surface area contributed by atoms with Crippen molar-refractivity contribution in [2.24, 2.45) is 0 Å². The average molecular weight is 348 g/mol. The van der Waals surface area contributed by atoms with E-state index in [2.05, 4.69) is 0 Å². The summed E-state index contributed by atoms with van der Waals surface area (Å²) in [6, 6.07) is 12.0. The van der Waals surface area contributed by atoms with Crippen LogP contribution in [0.4, 0.5) is 0 Å². The predicted octanol–water partition coefficient (Wildman–Crippen LogP) is 3.99. The van der Waals surface area contributed by atoms with E-state index in [1.54, 1.807) is 13.2 Å². The second-order valence-corrected chi connectivity index (χ2v) is 6.20. The number of benzene rings is 2. The smallest absolute Gasteiger partial charge is 0.335 e. The number of rotatable bonds is 3. The molecule has 1 aromatic heterocycles. The van der Waals surface area contributed by atoms with Crippen molar-refractivity contribution in [1.82, 2.24) is 0 Å². The molecular weight excluding hydrogens is 332 g/mol. The van der Waals surface area contributed by atoms with Crippen LogP contribution >= 0.6 is 0 Å². The maximum absolute atomic E-state index is 12.8. The monoisotopic (exact) mass is 348 g/mol. The van der Waals surface area contributed by atoms with Gasteiger partial charge in [0.15, 0.2) is 5.43 Å². The lowest BCUT2D eigenvalue weighted by Gasteiger charge is -2.05. The summed E-state index contributed by atoms with van der Waals surface area (Å²) in [6.07, 6.45) is 3.31. The van der Waals surface area contributed by atoms with Gasteiger partial charge in [0.05, 0.1) is 18.1 Å². The Bertz CT molecular complexity index is 1100. The molecule has 0 atom stereocenters. The number of carbonyl (C=O) groups is 1. The topological polar surface area (TPSA) is 76.7 Å². The highest BCUT2D eigenvalue weighted by Crippen LogP contribution is 2.34. The van der Waals surface area contributed by atoms with Crippen LogP contribution in [0.2, 0.25) is 0 Å². The van der Waals surface area contributed by atoms with Gasteiger partial charge in [-0.25, -0.2) is 4.79 Å². The molecule has 130 valence electrons. The summed E-state index contributed by atoms with van der Waals surface area (Å²) in [6.45, 7) is 0. The van der Waals surface area contributed by atoms with E-state index in [1.807, 2.05) is 30.3 Å². The summed E-state index contributed by atoms with van der Waals surface area (Å²) in [5, 5.41) is 9.44. The zero-order valence-corrected chi connectivity index (χ0v) is 14.1. The van der Waals surface area contributed by atoms with E-state index < -0.39 is 5.97 Å². The minimum Gasteiger partial charge on any atom is -0.497 e. The minimum absolute atomic E-state index is 0.0803. The van der Waals surface area contributed by atoms with Crippen molar-refractivity contribution < 1.29 is 19.1 Å². The molecule has 0 aliphatic heterocycles. The molecule has 0 spiro atoms. The molecule has 3 aromatic rings. The van der Waals surface area contributed by atoms with Gasteiger partial charge in [-0.05, 0) is 60.4 Å². The van der Waals surface area contributed by atoms with Gasteiger partial charge in [0, 0.05) is 5.56 Å². The highest BCUT2D eigenvalue weighted by molar-refractivity contribution is 5.94. The van der Waals surface area contributed by atoms with E-state index >= 15 is 0 Å². The molecule has 2 aromatic carbocycles. The number of hydrogen-bond acceptors (Lipinski definition) is 4.